The zero-order valence-electron chi connectivity index (χ0n) is 11.5. The molecule has 0 aliphatic rings. The molecule has 0 aliphatic carbocycles. The average molecular weight is 235 g/mol. The maximum Gasteiger partial charge on any atom is 0.0525 e. The van der Waals surface area contributed by atoms with Crippen LogP contribution in [0.5, 0.6) is 0 Å². The molecule has 0 saturated carbocycles. The van der Waals surface area contributed by atoms with Gasteiger partial charge in [-0.3, -0.25) is 4.68 Å². The zero-order valence-corrected chi connectivity index (χ0v) is 11.5. The molecular formula is C14H25N3. The van der Waals surface area contributed by atoms with Crippen molar-refractivity contribution < 1.29 is 0 Å². The first-order valence-electron chi connectivity index (χ1n) is 6.52. The van der Waals surface area contributed by atoms with Crippen LogP contribution in [0.4, 0.5) is 0 Å². The Morgan fingerprint density at radius 2 is 2.29 bits per heavy atom. The topological polar surface area (TPSA) is 29.9 Å². The van der Waals surface area contributed by atoms with Gasteiger partial charge in [0, 0.05) is 18.8 Å². The summed E-state index contributed by atoms with van der Waals surface area (Å²) in [6.07, 6.45) is 8.53. The lowest BCUT2D eigenvalue weighted by Gasteiger charge is -2.06. The second kappa shape index (κ2) is 7.28. The fourth-order valence-corrected chi connectivity index (χ4v) is 1.76. The molecule has 0 aliphatic heterocycles. The molecule has 0 fully saturated rings. The maximum absolute atomic E-state index is 4.28. The van der Waals surface area contributed by atoms with Gasteiger partial charge in [-0.05, 0) is 38.8 Å². The summed E-state index contributed by atoms with van der Waals surface area (Å²) < 4.78 is 1.98. The molecular weight excluding hydrogens is 210 g/mol. The van der Waals surface area contributed by atoms with Crippen molar-refractivity contribution in [2.24, 2.45) is 0 Å². The zero-order chi connectivity index (χ0) is 12.7. The van der Waals surface area contributed by atoms with Crippen LogP contribution in [0, 0.1) is 0 Å². The van der Waals surface area contributed by atoms with E-state index in [2.05, 4.69) is 50.4 Å². The highest BCUT2D eigenvalue weighted by atomic mass is 15.3. The van der Waals surface area contributed by atoms with Gasteiger partial charge < -0.3 is 5.32 Å². The monoisotopic (exact) mass is 235 g/mol. The Morgan fingerprint density at radius 1 is 1.53 bits per heavy atom. The van der Waals surface area contributed by atoms with E-state index in [0.29, 0.717) is 6.04 Å². The lowest BCUT2D eigenvalue weighted by atomic mass is 10.1. The summed E-state index contributed by atoms with van der Waals surface area (Å²) in [6.45, 7) is 10.7. The molecule has 0 radical (unpaired) electrons. The molecule has 17 heavy (non-hydrogen) atoms. The van der Waals surface area contributed by atoms with Gasteiger partial charge in [-0.15, -0.1) is 0 Å². The number of allylic oxidation sites excluding steroid dienone is 1. The third-order valence-electron chi connectivity index (χ3n) is 2.68. The number of nitrogens with one attached hydrogen (secondary N) is 1. The van der Waals surface area contributed by atoms with Crippen LogP contribution in [-0.2, 0) is 13.0 Å². The number of hydrogen-bond acceptors (Lipinski definition) is 2. The summed E-state index contributed by atoms with van der Waals surface area (Å²) in [4.78, 5) is 0. The number of aromatic nitrogens is 2. The molecule has 0 bridgehead atoms. The summed E-state index contributed by atoms with van der Waals surface area (Å²) in [7, 11) is 0. The van der Waals surface area contributed by atoms with E-state index in [1.165, 1.54) is 11.1 Å². The Labute approximate surface area is 105 Å². The number of hydrogen-bond donors (Lipinski definition) is 1. The van der Waals surface area contributed by atoms with E-state index in [4.69, 9.17) is 0 Å². The molecule has 96 valence electrons. The summed E-state index contributed by atoms with van der Waals surface area (Å²) in [5.41, 5.74) is 2.73. The average Bonchev–Trinajstić information content (AvgIpc) is 2.72. The highest BCUT2D eigenvalue weighted by Crippen LogP contribution is 2.07. The molecule has 1 N–H and O–H groups in total. The van der Waals surface area contributed by atoms with Crippen LogP contribution in [0.25, 0.3) is 0 Å². The molecule has 1 aromatic heterocycles. The number of aryl methyl sites for hydroxylation is 1. The molecule has 1 rings (SSSR count). The minimum Gasteiger partial charge on any atom is -0.314 e. The summed E-state index contributed by atoms with van der Waals surface area (Å²) in [5, 5.41) is 7.70. The van der Waals surface area contributed by atoms with Gasteiger partial charge in [0.1, 0.15) is 0 Å². The standard InChI is InChI=1S/C14H25N3/c1-5-17-11-14(10-16-17)9-13(4)7-6-8-15-12(2)3/h7,10-12,15H,5-6,8-9H2,1-4H3. The first kappa shape index (κ1) is 14.0. The van der Waals surface area contributed by atoms with E-state index in [-0.39, 0.29) is 0 Å². The van der Waals surface area contributed by atoms with Crippen LogP contribution in [0.15, 0.2) is 24.0 Å². The van der Waals surface area contributed by atoms with Gasteiger partial charge in [-0.25, -0.2) is 0 Å². The molecule has 3 heteroatoms. The van der Waals surface area contributed by atoms with Crippen LogP contribution in [-0.4, -0.2) is 22.4 Å². The highest BCUT2D eigenvalue weighted by Gasteiger charge is 1.98. The van der Waals surface area contributed by atoms with Crippen molar-refractivity contribution in [3.8, 4) is 0 Å². The number of nitrogens with zero attached hydrogens (tertiary/aromatic N) is 2. The van der Waals surface area contributed by atoms with Gasteiger partial charge in [0.05, 0.1) is 6.20 Å². The van der Waals surface area contributed by atoms with Gasteiger partial charge in [-0.2, -0.15) is 5.10 Å². The third-order valence-corrected chi connectivity index (χ3v) is 2.68. The van der Waals surface area contributed by atoms with E-state index in [9.17, 15) is 0 Å². The largest absolute Gasteiger partial charge is 0.314 e. The van der Waals surface area contributed by atoms with Gasteiger partial charge in [-0.1, -0.05) is 25.5 Å². The molecule has 0 unspecified atom stereocenters. The molecule has 3 nitrogen and oxygen atoms in total. The summed E-state index contributed by atoms with van der Waals surface area (Å²) in [5.74, 6) is 0. The quantitative estimate of drug-likeness (QED) is 0.582. The van der Waals surface area contributed by atoms with E-state index in [1.807, 2.05) is 10.9 Å². The third kappa shape index (κ3) is 5.68. The van der Waals surface area contributed by atoms with Gasteiger partial charge >= 0.3 is 0 Å². The first-order chi connectivity index (χ1) is 8.11. The Kier molecular flexibility index (Phi) is 5.98. The van der Waals surface area contributed by atoms with Crippen molar-refractivity contribution >= 4 is 0 Å². The molecule has 0 saturated heterocycles. The van der Waals surface area contributed by atoms with Crippen LogP contribution >= 0.6 is 0 Å². The second-order valence-corrected chi connectivity index (χ2v) is 4.83. The summed E-state index contributed by atoms with van der Waals surface area (Å²) >= 11 is 0. The Morgan fingerprint density at radius 3 is 2.88 bits per heavy atom. The minimum absolute atomic E-state index is 0.575. The van der Waals surface area contributed by atoms with Crippen LogP contribution in [0.1, 0.15) is 39.7 Å². The van der Waals surface area contributed by atoms with Crippen molar-refractivity contribution in [2.45, 2.75) is 53.1 Å². The maximum atomic E-state index is 4.28. The van der Waals surface area contributed by atoms with E-state index < -0.39 is 0 Å². The fourth-order valence-electron chi connectivity index (χ4n) is 1.76. The second-order valence-electron chi connectivity index (χ2n) is 4.83. The van der Waals surface area contributed by atoms with Gasteiger partial charge in [0.25, 0.3) is 0 Å². The van der Waals surface area contributed by atoms with E-state index in [0.717, 1.165) is 25.9 Å². The van der Waals surface area contributed by atoms with Crippen LogP contribution in [0.2, 0.25) is 0 Å². The van der Waals surface area contributed by atoms with Crippen molar-refractivity contribution in [1.82, 2.24) is 15.1 Å². The molecule has 1 heterocycles. The minimum atomic E-state index is 0.575. The molecule has 0 atom stereocenters. The Balaban J connectivity index is 2.32. The van der Waals surface area contributed by atoms with Crippen molar-refractivity contribution in [1.29, 1.82) is 0 Å². The van der Waals surface area contributed by atoms with E-state index in [1.54, 1.807) is 0 Å². The number of rotatable bonds is 7. The lowest BCUT2D eigenvalue weighted by Crippen LogP contribution is -2.23. The van der Waals surface area contributed by atoms with Crippen LogP contribution < -0.4 is 5.32 Å². The fraction of sp³-hybridized carbons (Fsp3) is 0.643. The normalized spacial score (nSPS) is 12.4. The lowest BCUT2D eigenvalue weighted by molar-refractivity contribution is 0.594. The molecule has 0 spiro atoms. The predicted molar refractivity (Wildman–Crippen MR) is 73.1 cm³/mol. The van der Waals surface area contributed by atoms with Gasteiger partial charge in [0.15, 0.2) is 0 Å². The predicted octanol–water partition coefficient (Wildman–Crippen LogP) is 2.78. The highest BCUT2D eigenvalue weighted by molar-refractivity contribution is 5.15. The first-order valence-corrected chi connectivity index (χ1v) is 6.52. The molecule has 1 aromatic rings. The van der Waals surface area contributed by atoms with Crippen molar-refractivity contribution in [2.75, 3.05) is 6.54 Å². The summed E-state index contributed by atoms with van der Waals surface area (Å²) in [6, 6.07) is 0.575. The Hall–Kier alpha value is -1.09. The Bertz CT molecular complexity index is 350. The molecule has 0 amide bonds. The van der Waals surface area contributed by atoms with Crippen molar-refractivity contribution in [3.63, 3.8) is 0 Å². The smallest absolute Gasteiger partial charge is 0.0525 e. The van der Waals surface area contributed by atoms with Gasteiger partial charge in [0.2, 0.25) is 0 Å². The molecule has 0 aromatic carbocycles. The van der Waals surface area contributed by atoms with Crippen molar-refractivity contribution in [3.05, 3.63) is 29.6 Å². The SMILES string of the molecule is CCn1cc(CC(C)=CCCNC(C)C)cn1. The van der Waals surface area contributed by atoms with E-state index >= 15 is 0 Å². The van der Waals surface area contributed by atoms with Crippen LogP contribution in [0.3, 0.4) is 0 Å².